The summed E-state index contributed by atoms with van der Waals surface area (Å²) in [6.07, 6.45) is 1.59. The number of hydrogen-bond donors (Lipinski definition) is 0. The summed E-state index contributed by atoms with van der Waals surface area (Å²) in [5, 5.41) is 0. The van der Waals surface area contributed by atoms with E-state index in [0.29, 0.717) is 6.42 Å². The van der Waals surface area contributed by atoms with Crippen LogP contribution in [0.25, 0.3) is 0 Å². The predicted octanol–water partition coefficient (Wildman–Crippen LogP) is 2.04. The molecule has 0 N–H and O–H groups in total. The second kappa shape index (κ2) is 4.56. The highest BCUT2D eigenvalue weighted by atomic mass is 16.5. The van der Waals surface area contributed by atoms with E-state index < -0.39 is 0 Å². The van der Waals surface area contributed by atoms with E-state index in [0.717, 1.165) is 31.0 Å². The van der Waals surface area contributed by atoms with E-state index in [1.54, 1.807) is 6.92 Å². The Labute approximate surface area is 96.0 Å². The molecule has 0 unspecified atom stereocenters. The van der Waals surface area contributed by atoms with Gasteiger partial charge in [-0.2, -0.15) is 0 Å². The van der Waals surface area contributed by atoms with Gasteiger partial charge in [0.25, 0.3) is 0 Å². The number of rotatable bonds is 4. The number of ketones is 1. The molecule has 86 valence electrons. The second-order valence-electron chi connectivity index (χ2n) is 4.26. The molecule has 0 aliphatic carbocycles. The van der Waals surface area contributed by atoms with Crippen LogP contribution >= 0.6 is 0 Å². The van der Waals surface area contributed by atoms with E-state index in [9.17, 15) is 4.79 Å². The van der Waals surface area contributed by atoms with Crippen LogP contribution in [0.3, 0.4) is 0 Å². The van der Waals surface area contributed by atoms with Crippen molar-refractivity contribution in [3.63, 3.8) is 0 Å². The van der Waals surface area contributed by atoms with E-state index in [4.69, 9.17) is 4.74 Å². The molecule has 0 amide bonds. The first-order valence-corrected chi connectivity index (χ1v) is 5.63. The Balaban J connectivity index is 2.06. The summed E-state index contributed by atoms with van der Waals surface area (Å²) in [4.78, 5) is 13.0. The Kier molecular flexibility index (Phi) is 3.13. The highest BCUT2D eigenvalue weighted by molar-refractivity contribution is 5.76. The van der Waals surface area contributed by atoms with Crippen LogP contribution in [0.1, 0.15) is 18.9 Å². The number of carbonyl (C=O) groups excluding carboxylic acids is 1. The summed E-state index contributed by atoms with van der Waals surface area (Å²) in [6, 6.07) is 6.22. The number of fused-ring (bicyclic) bond motifs is 1. The van der Waals surface area contributed by atoms with Gasteiger partial charge in [-0.05, 0) is 30.7 Å². The SMILES string of the molecule is CC(=O)CCN(C)c1ccc2c(c1)CCO2. The molecule has 2 rings (SSSR count). The molecule has 0 fully saturated rings. The highest BCUT2D eigenvalue weighted by Gasteiger charge is 2.13. The molecule has 1 aliphatic rings. The van der Waals surface area contributed by atoms with Gasteiger partial charge in [-0.25, -0.2) is 0 Å². The van der Waals surface area contributed by atoms with Crippen LogP contribution in [0.4, 0.5) is 5.69 Å². The minimum absolute atomic E-state index is 0.233. The van der Waals surface area contributed by atoms with Crippen molar-refractivity contribution in [1.29, 1.82) is 0 Å². The highest BCUT2D eigenvalue weighted by Crippen LogP contribution is 2.29. The average Bonchev–Trinajstić information content (AvgIpc) is 2.72. The van der Waals surface area contributed by atoms with Gasteiger partial charge in [0, 0.05) is 32.1 Å². The molecular weight excluding hydrogens is 202 g/mol. The molecule has 1 heterocycles. The molecule has 3 nitrogen and oxygen atoms in total. The molecule has 0 radical (unpaired) electrons. The zero-order valence-corrected chi connectivity index (χ0v) is 9.82. The third-order valence-corrected chi connectivity index (χ3v) is 2.91. The van der Waals surface area contributed by atoms with Crippen molar-refractivity contribution in [3.05, 3.63) is 23.8 Å². The Morgan fingerprint density at radius 3 is 3.06 bits per heavy atom. The van der Waals surface area contributed by atoms with Crippen LogP contribution in [0, 0.1) is 0 Å². The van der Waals surface area contributed by atoms with Gasteiger partial charge in [0.05, 0.1) is 6.61 Å². The Bertz CT molecular complexity index is 401. The summed E-state index contributed by atoms with van der Waals surface area (Å²) in [6.45, 7) is 3.19. The average molecular weight is 219 g/mol. The zero-order valence-electron chi connectivity index (χ0n) is 9.82. The summed E-state index contributed by atoms with van der Waals surface area (Å²) in [7, 11) is 2.01. The summed E-state index contributed by atoms with van der Waals surface area (Å²) in [5.74, 6) is 1.24. The molecule has 3 heteroatoms. The molecule has 0 bridgehead atoms. The number of nitrogens with zero attached hydrogens (tertiary/aromatic N) is 1. The maximum Gasteiger partial charge on any atom is 0.131 e. The number of Topliss-reactive ketones (excluding diaryl/α,β-unsaturated/α-hetero) is 1. The lowest BCUT2D eigenvalue weighted by molar-refractivity contribution is -0.116. The van der Waals surface area contributed by atoms with Crippen molar-refractivity contribution in [3.8, 4) is 5.75 Å². The first kappa shape index (κ1) is 11.0. The smallest absolute Gasteiger partial charge is 0.131 e. The molecule has 1 aromatic carbocycles. The number of anilines is 1. The normalized spacial score (nSPS) is 13.1. The third-order valence-electron chi connectivity index (χ3n) is 2.91. The van der Waals surface area contributed by atoms with E-state index in [2.05, 4.69) is 11.0 Å². The maximum atomic E-state index is 10.9. The van der Waals surface area contributed by atoms with E-state index in [-0.39, 0.29) is 5.78 Å². The lowest BCUT2D eigenvalue weighted by Crippen LogP contribution is -2.20. The van der Waals surface area contributed by atoms with Gasteiger partial charge in [0.1, 0.15) is 11.5 Å². The number of benzene rings is 1. The summed E-state index contributed by atoms with van der Waals surface area (Å²) in [5.41, 5.74) is 2.43. The molecule has 0 atom stereocenters. The lowest BCUT2D eigenvalue weighted by Gasteiger charge is -2.19. The fourth-order valence-electron chi connectivity index (χ4n) is 1.86. The summed E-state index contributed by atoms with van der Waals surface area (Å²) < 4.78 is 5.46. The van der Waals surface area contributed by atoms with Crippen molar-refractivity contribution in [2.45, 2.75) is 19.8 Å². The zero-order chi connectivity index (χ0) is 11.5. The molecule has 0 saturated heterocycles. The van der Waals surface area contributed by atoms with Crippen LogP contribution in [0.5, 0.6) is 5.75 Å². The van der Waals surface area contributed by atoms with Gasteiger partial charge in [-0.15, -0.1) is 0 Å². The largest absolute Gasteiger partial charge is 0.493 e. The summed E-state index contributed by atoms with van der Waals surface area (Å²) >= 11 is 0. The monoisotopic (exact) mass is 219 g/mol. The van der Waals surface area contributed by atoms with Gasteiger partial charge in [-0.1, -0.05) is 0 Å². The van der Waals surface area contributed by atoms with E-state index in [1.165, 1.54) is 5.56 Å². The number of hydrogen-bond acceptors (Lipinski definition) is 3. The Morgan fingerprint density at radius 1 is 1.50 bits per heavy atom. The fraction of sp³-hybridized carbons (Fsp3) is 0.462. The van der Waals surface area contributed by atoms with Crippen molar-refractivity contribution >= 4 is 11.5 Å². The molecule has 16 heavy (non-hydrogen) atoms. The van der Waals surface area contributed by atoms with Crippen molar-refractivity contribution in [2.75, 3.05) is 25.1 Å². The molecule has 1 aromatic rings. The van der Waals surface area contributed by atoms with E-state index in [1.807, 2.05) is 19.2 Å². The second-order valence-corrected chi connectivity index (χ2v) is 4.26. The Morgan fingerprint density at radius 2 is 2.31 bits per heavy atom. The van der Waals surface area contributed by atoms with Crippen LogP contribution in [-0.4, -0.2) is 26.0 Å². The molecular formula is C13H17NO2. The quantitative estimate of drug-likeness (QED) is 0.776. The number of ether oxygens (including phenoxy) is 1. The van der Waals surface area contributed by atoms with Crippen LogP contribution in [0.2, 0.25) is 0 Å². The van der Waals surface area contributed by atoms with E-state index >= 15 is 0 Å². The molecule has 0 spiro atoms. The lowest BCUT2D eigenvalue weighted by atomic mass is 10.1. The standard InChI is InChI=1S/C13H17NO2/c1-10(15)5-7-14(2)12-3-4-13-11(9-12)6-8-16-13/h3-4,9H,5-8H2,1-2H3. The first-order chi connectivity index (χ1) is 7.66. The fourth-order valence-corrected chi connectivity index (χ4v) is 1.86. The predicted molar refractivity (Wildman–Crippen MR) is 64.2 cm³/mol. The minimum Gasteiger partial charge on any atom is -0.493 e. The first-order valence-electron chi connectivity index (χ1n) is 5.63. The van der Waals surface area contributed by atoms with Gasteiger partial charge >= 0.3 is 0 Å². The minimum atomic E-state index is 0.233. The van der Waals surface area contributed by atoms with Gasteiger partial charge < -0.3 is 9.64 Å². The van der Waals surface area contributed by atoms with Crippen LogP contribution in [-0.2, 0) is 11.2 Å². The molecule has 0 saturated carbocycles. The third kappa shape index (κ3) is 2.35. The van der Waals surface area contributed by atoms with Crippen molar-refractivity contribution in [2.24, 2.45) is 0 Å². The van der Waals surface area contributed by atoms with Gasteiger partial charge in [-0.3, -0.25) is 4.79 Å². The topological polar surface area (TPSA) is 29.5 Å². The maximum absolute atomic E-state index is 10.9. The van der Waals surface area contributed by atoms with Crippen molar-refractivity contribution in [1.82, 2.24) is 0 Å². The number of carbonyl (C=O) groups is 1. The molecule has 0 aromatic heterocycles. The Hall–Kier alpha value is -1.51. The van der Waals surface area contributed by atoms with Gasteiger partial charge in [0.2, 0.25) is 0 Å². The van der Waals surface area contributed by atoms with Crippen LogP contribution in [0.15, 0.2) is 18.2 Å². The van der Waals surface area contributed by atoms with Crippen molar-refractivity contribution < 1.29 is 9.53 Å². The van der Waals surface area contributed by atoms with Gasteiger partial charge in [0.15, 0.2) is 0 Å². The van der Waals surface area contributed by atoms with Crippen LogP contribution < -0.4 is 9.64 Å². The molecule has 1 aliphatic heterocycles.